The van der Waals surface area contributed by atoms with Gasteiger partial charge in [-0.1, -0.05) is 11.7 Å². The van der Waals surface area contributed by atoms with E-state index >= 15 is 0 Å². The summed E-state index contributed by atoms with van der Waals surface area (Å²) in [7, 11) is 3.36. The third kappa shape index (κ3) is 4.60. The van der Waals surface area contributed by atoms with Crippen molar-refractivity contribution in [2.45, 2.75) is 30.6 Å². The summed E-state index contributed by atoms with van der Waals surface area (Å²) in [6.45, 7) is 3.80. The van der Waals surface area contributed by atoms with E-state index in [2.05, 4.69) is 22.5 Å². The Morgan fingerprint density at radius 3 is 2.62 bits per heavy atom. The van der Waals surface area contributed by atoms with E-state index in [1.54, 1.807) is 14.1 Å². The molecule has 2 heterocycles. The molecule has 2 unspecified atom stereocenters. The maximum atomic E-state index is 13.5. The minimum Gasteiger partial charge on any atom is -0.374 e. The van der Waals surface area contributed by atoms with Crippen molar-refractivity contribution in [3.05, 3.63) is 48.1 Å². The van der Waals surface area contributed by atoms with Crippen LogP contribution < -0.4 is 10.7 Å². The first kappa shape index (κ1) is 20.9. The van der Waals surface area contributed by atoms with E-state index in [-0.39, 0.29) is 30.2 Å². The Morgan fingerprint density at radius 2 is 2.00 bits per heavy atom. The molecule has 0 aromatic heterocycles. The summed E-state index contributed by atoms with van der Waals surface area (Å²) < 4.78 is 32.4. The molecular weight excluding hydrogens is 386 g/mol. The van der Waals surface area contributed by atoms with Crippen LogP contribution in [0.3, 0.4) is 0 Å². The second kappa shape index (κ2) is 8.26. The van der Waals surface area contributed by atoms with Gasteiger partial charge in [0, 0.05) is 38.6 Å². The molecule has 1 aromatic carbocycles. The van der Waals surface area contributed by atoms with E-state index in [9.17, 15) is 18.4 Å². The zero-order chi connectivity index (χ0) is 21.2. The Hall–Kier alpha value is -2.85. The minimum atomic E-state index is -1.51. The van der Waals surface area contributed by atoms with Gasteiger partial charge in [0.2, 0.25) is 5.60 Å². The Morgan fingerprint density at radius 1 is 1.31 bits per heavy atom. The number of hydrogen-bond acceptors (Lipinski definition) is 6. The lowest BCUT2D eigenvalue weighted by Crippen LogP contribution is -2.50. The second-order valence-corrected chi connectivity index (χ2v) is 7.16. The Balaban J connectivity index is 1.63. The Labute approximate surface area is 166 Å². The fraction of sp³-hybridized carbons (Fsp3) is 0.421. The summed E-state index contributed by atoms with van der Waals surface area (Å²) in [5.41, 5.74) is 1.50. The van der Waals surface area contributed by atoms with Crippen LogP contribution in [0.2, 0.25) is 0 Å². The number of carbonyl (C=O) groups excluding carboxylic acids is 2. The molecule has 2 aliphatic heterocycles. The van der Waals surface area contributed by atoms with Gasteiger partial charge >= 0.3 is 0 Å². The summed E-state index contributed by atoms with van der Waals surface area (Å²) >= 11 is 0. The highest BCUT2D eigenvalue weighted by atomic mass is 19.1. The van der Waals surface area contributed by atoms with Crippen molar-refractivity contribution in [1.82, 2.24) is 15.8 Å². The van der Waals surface area contributed by atoms with Gasteiger partial charge in [-0.2, -0.15) is 0 Å². The van der Waals surface area contributed by atoms with Crippen molar-refractivity contribution in [3.8, 4) is 0 Å². The molecule has 3 atom stereocenters. The van der Waals surface area contributed by atoms with Gasteiger partial charge in [0.05, 0.1) is 18.4 Å². The first-order valence-electron chi connectivity index (χ1n) is 8.98. The molecule has 0 aliphatic carbocycles. The van der Waals surface area contributed by atoms with Gasteiger partial charge in [-0.05, 0) is 18.2 Å². The number of hydrazine groups is 1. The monoisotopic (exact) mass is 408 g/mol. The first-order valence-corrected chi connectivity index (χ1v) is 8.98. The molecule has 1 aromatic rings. The predicted molar refractivity (Wildman–Crippen MR) is 99.6 cm³/mol. The normalized spacial score (nSPS) is 26.0. The molecule has 2 N–H and O–H groups in total. The van der Waals surface area contributed by atoms with Crippen LogP contribution in [0.1, 0.15) is 18.4 Å². The molecule has 0 bridgehead atoms. The van der Waals surface area contributed by atoms with Crippen LogP contribution in [0.5, 0.6) is 0 Å². The molecular formula is C19H22F2N4O4. The number of carbonyl (C=O) groups is 2. The predicted octanol–water partition coefficient (Wildman–Crippen LogP) is 0.881. The Kier molecular flexibility index (Phi) is 5.94. The van der Waals surface area contributed by atoms with Crippen molar-refractivity contribution in [2.75, 3.05) is 20.7 Å². The highest BCUT2D eigenvalue weighted by Crippen LogP contribution is 2.29. The zero-order valence-electron chi connectivity index (χ0n) is 16.1. The molecule has 0 saturated carbocycles. The smallest absolute Gasteiger partial charge is 0.271 e. The number of amides is 2. The lowest BCUT2D eigenvalue weighted by atomic mass is 9.92. The molecule has 10 heteroatoms. The van der Waals surface area contributed by atoms with Crippen LogP contribution in [0.4, 0.5) is 8.78 Å². The molecule has 2 amide bonds. The number of nitrogens with one attached hydrogen (secondary N) is 2. The van der Waals surface area contributed by atoms with Gasteiger partial charge in [-0.3, -0.25) is 15.0 Å². The highest BCUT2D eigenvalue weighted by molar-refractivity contribution is 6.06. The largest absolute Gasteiger partial charge is 0.374 e. The molecule has 3 rings (SSSR count). The van der Waals surface area contributed by atoms with Gasteiger partial charge in [-0.25, -0.2) is 13.8 Å². The average molecular weight is 408 g/mol. The second-order valence-electron chi connectivity index (χ2n) is 7.16. The van der Waals surface area contributed by atoms with Crippen molar-refractivity contribution >= 4 is 17.5 Å². The number of halogens is 2. The lowest BCUT2D eigenvalue weighted by molar-refractivity contribution is -0.139. The number of oxime groups is 1. The number of benzene rings is 1. The molecule has 29 heavy (non-hydrogen) atoms. The quantitative estimate of drug-likeness (QED) is 0.539. The van der Waals surface area contributed by atoms with Gasteiger partial charge in [0.25, 0.3) is 11.8 Å². The fourth-order valence-corrected chi connectivity index (χ4v) is 3.16. The summed E-state index contributed by atoms with van der Waals surface area (Å²) in [4.78, 5) is 30.2. The molecule has 2 aliphatic rings. The standard InChI is InChI=1S/C19H22F2N4O4/c1-4-19(9-15(24-29-19)11-5-12(20)7-13(21)6-11)18(27)22-14-8-16(28-10-14)17(26)23-25(2)3/h4-7,14,16H,1,8-10H2,2-3H3,(H,22,27)(H,23,26)/t14?,16?,19-/m1/s1. The van der Waals surface area contributed by atoms with E-state index in [0.717, 1.165) is 18.2 Å². The molecule has 156 valence electrons. The van der Waals surface area contributed by atoms with E-state index in [1.807, 2.05) is 0 Å². The molecule has 1 fully saturated rings. The molecule has 8 nitrogen and oxygen atoms in total. The maximum Gasteiger partial charge on any atom is 0.271 e. The third-order valence-electron chi connectivity index (χ3n) is 4.62. The topological polar surface area (TPSA) is 92.3 Å². The van der Waals surface area contributed by atoms with E-state index in [0.29, 0.717) is 6.42 Å². The van der Waals surface area contributed by atoms with Gasteiger partial charge < -0.3 is 14.9 Å². The van der Waals surface area contributed by atoms with Crippen LogP contribution in [-0.4, -0.2) is 61.0 Å². The summed E-state index contributed by atoms with van der Waals surface area (Å²) in [6, 6.07) is 2.56. The maximum absolute atomic E-state index is 13.5. The van der Waals surface area contributed by atoms with Crippen LogP contribution >= 0.6 is 0 Å². The number of rotatable bonds is 6. The van der Waals surface area contributed by atoms with E-state index < -0.39 is 35.3 Å². The number of nitrogens with zero attached hydrogens (tertiary/aromatic N) is 2. The van der Waals surface area contributed by atoms with Gasteiger partial charge in [-0.15, -0.1) is 0 Å². The average Bonchev–Trinajstić information content (AvgIpc) is 3.28. The number of hydrogen-bond donors (Lipinski definition) is 2. The van der Waals surface area contributed by atoms with Crippen molar-refractivity contribution < 1.29 is 27.9 Å². The van der Waals surface area contributed by atoms with Crippen LogP contribution in [0.15, 0.2) is 36.0 Å². The van der Waals surface area contributed by atoms with Crippen molar-refractivity contribution in [2.24, 2.45) is 5.16 Å². The fourth-order valence-electron chi connectivity index (χ4n) is 3.16. The van der Waals surface area contributed by atoms with Crippen LogP contribution in [0, 0.1) is 11.6 Å². The summed E-state index contributed by atoms with van der Waals surface area (Å²) in [5.74, 6) is -2.34. The lowest BCUT2D eigenvalue weighted by Gasteiger charge is -2.23. The Bertz CT molecular complexity index is 840. The third-order valence-corrected chi connectivity index (χ3v) is 4.62. The highest BCUT2D eigenvalue weighted by Gasteiger charge is 2.46. The van der Waals surface area contributed by atoms with Crippen molar-refractivity contribution in [3.63, 3.8) is 0 Å². The van der Waals surface area contributed by atoms with Gasteiger partial charge in [0.1, 0.15) is 17.7 Å². The molecule has 0 spiro atoms. The first-order chi connectivity index (χ1) is 13.7. The minimum absolute atomic E-state index is 0.0383. The zero-order valence-corrected chi connectivity index (χ0v) is 16.1. The van der Waals surface area contributed by atoms with Crippen molar-refractivity contribution in [1.29, 1.82) is 0 Å². The summed E-state index contributed by atoms with van der Waals surface area (Å²) in [6.07, 6.45) is 0.861. The van der Waals surface area contributed by atoms with E-state index in [1.165, 1.54) is 11.1 Å². The molecule has 0 radical (unpaired) electrons. The van der Waals surface area contributed by atoms with E-state index in [4.69, 9.17) is 9.57 Å². The SMILES string of the molecule is C=C[C@]1(C(=O)NC2COC(C(=O)NN(C)C)C2)CC(c2cc(F)cc(F)c2)=NO1. The van der Waals surface area contributed by atoms with Gasteiger partial charge in [0.15, 0.2) is 0 Å². The number of ether oxygens (including phenoxy) is 1. The van der Waals surface area contributed by atoms with Crippen LogP contribution in [-0.2, 0) is 19.2 Å². The summed E-state index contributed by atoms with van der Waals surface area (Å²) in [5, 5.41) is 8.11. The van der Waals surface area contributed by atoms with Crippen LogP contribution in [0.25, 0.3) is 0 Å². The molecule has 1 saturated heterocycles.